The van der Waals surface area contributed by atoms with Crippen LogP contribution in [0.25, 0.3) is 0 Å². The van der Waals surface area contributed by atoms with E-state index < -0.39 is 6.04 Å². The Labute approximate surface area is 184 Å². The fraction of sp³-hybridized carbons (Fsp3) is 0.609. The van der Waals surface area contributed by atoms with Crippen LogP contribution in [0.15, 0.2) is 18.2 Å². The van der Waals surface area contributed by atoms with Gasteiger partial charge in [0.25, 0.3) is 5.91 Å². The van der Waals surface area contributed by atoms with E-state index in [2.05, 4.69) is 10.2 Å². The Bertz CT molecular complexity index is 787. The molecule has 0 aromatic heterocycles. The van der Waals surface area contributed by atoms with Crippen LogP contribution in [0.1, 0.15) is 56.5 Å². The smallest absolute Gasteiger partial charge is 0.257 e. The maximum absolute atomic E-state index is 13.1. The number of imide groups is 1. The van der Waals surface area contributed by atoms with E-state index in [1.165, 1.54) is 0 Å². The molecule has 1 aromatic rings. The van der Waals surface area contributed by atoms with Crippen LogP contribution in [0, 0.1) is 5.92 Å². The van der Waals surface area contributed by atoms with E-state index in [1.807, 2.05) is 45.9 Å². The van der Waals surface area contributed by atoms with Crippen LogP contribution in [0.5, 0.6) is 0 Å². The lowest BCUT2D eigenvalue weighted by Gasteiger charge is -2.44. The summed E-state index contributed by atoms with van der Waals surface area (Å²) in [5, 5.41) is 2.33. The topological polar surface area (TPSA) is 88.2 Å². The molecular formula is C23H35N3O5. The molecule has 0 radical (unpaired) electrons. The van der Waals surface area contributed by atoms with E-state index in [0.717, 1.165) is 24.3 Å². The summed E-state index contributed by atoms with van der Waals surface area (Å²) < 4.78 is 10.6. The van der Waals surface area contributed by atoms with Gasteiger partial charge in [0.15, 0.2) is 6.29 Å². The lowest BCUT2D eigenvalue weighted by Crippen LogP contribution is -2.54. The third-order valence-electron chi connectivity index (χ3n) is 5.63. The third kappa shape index (κ3) is 4.91. The zero-order chi connectivity index (χ0) is 23.1. The minimum atomic E-state index is -0.592. The first-order chi connectivity index (χ1) is 15.0. The van der Waals surface area contributed by atoms with Gasteiger partial charge in [-0.05, 0) is 18.1 Å². The molecule has 3 heterocycles. The molecule has 1 unspecified atom stereocenters. The summed E-state index contributed by atoms with van der Waals surface area (Å²) in [6.07, 6.45) is 0.371. The van der Waals surface area contributed by atoms with Crippen LogP contribution >= 0.6 is 0 Å². The first kappa shape index (κ1) is 24.8. The summed E-state index contributed by atoms with van der Waals surface area (Å²) in [5.41, 5.74) is 2.46. The fourth-order valence-electron chi connectivity index (χ4n) is 4.22. The summed E-state index contributed by atoms with van der Waals surface area (Å²) in [4.78, 5) is 40.4. The number of ether oxygens (including phenoxy) is 2. The summed E-state index contributed by atoms with van der Waals surface area (Å²) in [6.45, 7) is 9.88. The number of rotatable bonds is 5. The normalized spacial score (nSPS) is 20.4. The van der Waals surface area contributed by atoms with Crippen molar-refractivity contribution in [3.63, 3.8) is 0 Å². The number of piperidine rings is 1. The standard InChI is InChI=1S/C19H23N3O5.2C2H6/c1-26-19(27-2)12-8-21(9-12)13-5-3-4-11-10-22(18(25)16(11)13)14-6-7-15(23)20-17(14)24;2*1-2/h3-5,12,14,19H,6-10H2,1-2H3,(H,20,23,24);2*1-2H3. The Morgan fingerprint density at radius 1 is 1.03 bits per heavy atom. The molecule has 3 aliphatic heterocycles. The van der Waals surface area contributed by atoms with Gasteiger partial charge in [-0.2, -0.15) is 0 Å². The molecule has 3 aliphatic rings. The fourth-order valence-corrected chi connectivity index (χ4v) is 4.22. The number of benzene rings is 1. The molecule has 1 atom stereocenters. The number of amides is 3. The Balaban J connectivity index is 0.000000807. The number of nitrogens with zero attached hydrogens (tertiary/aromatic N) is 2. The molecule has 1 aromatic carbocycles. The van der Waals surface area contributed by atoms with Crippen LogP contribution in [-0.4, -0.2) is 62.3 Å². The van der Waals surface area contributed by atoms with Crippen LogP contribution in [-0.2, 0) is 25.6 Å². The molecule has 2 saturated heterocycles. The minimum Gasteiger partial charge on any atom is -0.370 e. The second-order valence-electron chi connectivity index (χ2n) is 7.22. The molecule has 0 spiro atoms. The molecule has 2 fully saturated rings. The number of fused-ring (bicyclic) bond motifs is 1. The maximum atomic E-state index is 13.1. The van der Waals surface area contributed by atoms with E-state index in [9.17, 15) is 14.4 Å². The van der Waals surface area contributed by atoms with Gasteiger partial charge in [-0.3, -0.25) is 19.7 Å². The summed E-state index contributed by atoms with van der Waals surface area (Å²) in [6, 6.07) is 5.21. The average Bonchev–Trinajstić information content (AvgIpc) is 3.10. The molecule has 4 rings (SSSR count). The van der Waals surface area contributed by atoms with Crippen LogP contribution in [0.2, 0.25) is 0 Å². The first-order valence-corrected chi connectivity index (χ1v) is 11.1. The number of anilines is 1. The molecule has 3 amide bonds. The molecule has 8 nitrogen and oxygen atoms in total. The van der Waals surface area contributed by atoms with Gasteiger partial charge in [-0.25, -0.2) is 0 Å². The Morgan fingerprint density at radius 2 is 1.68 bits per heavy atom. The van der Waals surface area contributed by atoms with Gasteiger partial charge in [0.05, 0.1) is 5.56 Å². The molecule has 172 valence electrons. The van der Waals surface area contributed by atoms with E-state index >= 15 is 0 Å². The number of methoxy groups -OCH3 is 2. The first-order valence-electron chi connectivity index (χ1n) is 11.1. The molecule has 8 heteroatoms. The summed E-state index contributed by atoms with van der Waals surface area (Å²) in [5.74, 6) is -0.563. The highest BCUT2D eigenvalue weighted by atomic mass is 16.7. The molecule has 0 aliphatic carbocycles. The number of hydrogen-bond acceptors (Lipinski definition) is 6. The van der Waals surface area contributed by atoms with Gasteiger partial charge in [-0.15, -0.1) is 0 Å². The molecule has 1 N–H and O–H groups in total. The number of nitrogens with one attached hydrogen (secondary N) is 1. The van der Waals surface area contributed by atoms with Crippen molar-refractivity contribution in [3.05, 3.63) is 29.3 Å². The monoisotopic (exact) mass is 433 g/mol. The van der Waals surface area contributed by atoms with Crippen LogP contribution in [0.4, 0.5) is 5.69 Å². The largest absolute Gasteiger partial charge is 0.370 e. The average molecular weight is 434 g/mol. The lowest BCUT2D eigenvalue weighted by atomic mass is 9.96. The van der Waals surface area contributed by atoms with Gasteiger partial charge >= 0.3 is 0 Å². The Kier molecular flexibility index (Phi) is 9.00. The van der Waals surface area contributed by atoms with Crippen molar-refractivity contribution in [3.8, 4) is 0 Å². The van der Waals surface area contributed by atoms with Crippen molar-refractivity contribution in [1.29, 1.82) is 0 Å². The second-order valence-corrected chi connectivity index (χ2v) is 7.22. The predicted molar refractivity (Wildman–Crippen MR) is 119 cm³/mol. The van der Waals surface area contributed by atoms with Crippen molar-refractivity contribution in [2.75, 3.05) is 32.2 Å². The molecule has 0 saturated carbocycles. The highest BCUT2D eigenvalue weighted by Crippen LogP contribution is 2.37. The van der Waals surface area contributed by atoms with Gasteiger partial charge in [-0.1, -0.05) is 39.8 Å². The van der Waals surface area contributed by atoms with Gasteiger partial charge in [0.2, 0.25) is 11.8 Å². The van der Waals surface area contributed by atoms with Crippen molar-refractivity contribution in [2.24, 2.45) is 5.92 Å². The van der Waals surface area contributed by atoms with E-state index in [-0.39, 0.29) is 36.4 Å². The summed E-state index contributed by atoms with van der Waals surface area (Å²) in [7, 11) is 3.25. The van der Waals surface area contributed by atoms with Crippen molar-refractivity contribution in [2.45, 2.75) is 59.4 Å². The maximum Gasteiger partial charge on any atom is 0.257 e. The molecule has 31 heavy (non-hydrogen) atoms. The zero-order valence-corrected chi connectivity index (χ0v) is 19.4. The number of carbonyl (C=O) groups is 3. The Morgan fingerprint density at radius 3 is 2.26 bits per heavy atom. The van der Waals surface area contributed by atoms with Gasteiger partial charge in [0.1, 0.15) is 6.04 Å². The van der Waals surface area contributed by atoms with Crippen LogP contribution < -0.4 is 10.2 Å². The van der Waals surface area contributed by atoms with Crippen molar-refractivity contribution >= 4 is 23.4 Å². The van der Waals surface area contributed by atoms with Crippen molar-refractivity contribution < 1.29 is 23.9 Å². The highest BCUT2D eigenvalue weighted by molar-refractivity contribution is 6.08. The number of hydrogen-bond donors (Lipinski definition) is 1. The van der Waals surface area contributed by atoms with Gasteiger partial charge in [0, 0.05) is 51.9 Å². The van der Waals surface area contributed by atoms with E-state index in [4.69, 9.17) is 9.47 Å². The quantitative estimate of drug-likeness (QED) is 0.567. The second kappa shape index (κ2) is 11.2. The van der Waals surface area contributed by atoms with E-state index in [0.29, 0.717) is 18.5 Å². The van der Waals surface area contributed by atoms with Crippen molar-refractivity contribution in [1.82, 2.24) is 10.2 Å². The lowest BCUT2D eigenvalue weighted by molar-refractivity contribution is -0.142. The van der Waals surface area contributed by atoms with E-state index in [1.54, 1.807) is 19.1 Å². The van der Waals surface area contributed by atoms with Crippen LogP contribution in [0.3, 0.4) is 0 Å². The number of carbonyl (C=O) groups excluding carboxylic acids is 3. The summed E-state index contributed by atoms with van der Waals surface area (Å²) >= 11 is 0. The predicted octanol–water partition coefficient (Wildman–Crippen LogP) is 2.56. The SMILES string of the molecule is CC.CC.COC(OC)C1CN(c2cccc3c2C(=O)N(C2CCC(=O)NC2=O)C3)C1. The minimum absolute atomic E-state index is 0.145. The Hall–Kier alpha value is -2.45. The third-order valence-corrected chi connectivity index (χ3v) is 5.63. The zero-order valence-electron chi connectivity index (χ0n) is 19.4. The van der Waals surface area contributed by atoms with Gasteiger partial charge < -0.3 is 19.3 Å². The molecule has 0 bridgehead atoms. The highest BCUT2D eigenvalue weighted by Gasteiger charge is 2.42. The molecular weight excluding hydrogens is 398 g/mol.